The monoisotopic (exact) mass is 688 g/mol. The van der Waals surface area contributed by atoms with Crippen LogP contribution in [0.2, 0.25) is 0 Å². The van der Waals surface area contributed by atoms with E-state index in [0.717, 1.165) is 33.6 Å². The zero-order valence-corrected chi connectivity index (χ0v) is 28.1. The van der Waals surface area contributed by atoms with Gasteiger partial charge in [0.2, 0.25) is 17.6 Å². The molecule has 15 nitrogen and oxygen atoms in total. The van der Waals surface area contributed by atoms with Gasteiger partial charge in [0, 0.05) is 22.5 Å². The molecule has 0 aliphatic carbocycles. The first-order valence-corrected chi connectivity index (χ1v) is 16.2. The molecule has 0 spiro atoms. The van der Waals surface area contributed by atoms with Crippen molar-refractivity contribution in [2.24, 2.45) is 0 Å². The summed E-state index contributed by atoms with van der Waals surface area (Å²) in [5, 5.41) is 30.0. The molecule has 0 bridgehead atoms. The number of nitrogens with zero attached hydrogens (tertiary/aromatic N) is 8. The molecule has 2 aromatic heterocycles. The Morgan fingerprint density at radius 1 is 0.627 bits per heavy atom. The van der Waals surface area contributed by atoms with Crippen LogP contribution < -0.4 is 20.1 Å². The van der Waals surface area contributed by atoms with Crippen LogP contribution in [0.15, 0.2) is 97.1 Å². The third-order valence-electron chi connectivity index (χ3n) is 7.62. The van der Waals surface area contributed by atoms with Gasteiger partial charge >= 0.3 is 0 Å². The third-order valence-corrected chi connectivity index (χ3v) is 7.62. The quantitative estimate of drug-likeness (QED) is 0.138. The molecule has 260 valence electrons. The van der Waals surface area contributed by atoms with Crippen molar-refractivity contribution in [3.05, 3.63) is 108 Å². The second kappa shape index (κ2) is 16.8. The number of anilines is 2. The second-order valence-corrected chi connectivity index (χ2v) is 11.4. The number of aryl methyl sites for hydroxylation is 2. The lowest BCUT2D eigenvalue weighted by atomic mass is 10.2. The molecule has 2 N–H and O–H groups in total. The van der Waals surface area contributed by atoms with Gasteiger partial charge in [0.15, 0.2) is 5.82 Å². The Kier molecular flexibility index (Phi) is 11.3. The first-order chi connectivity index (χ1) is 24.9. The van der Waals surface area contributed by atoms with Crippen molar-refractivity contribution in [1.82, 2.24) is 40.4 Å². The Morgan fingerprint density at radius 3 is 1.76 bits per heavy atom. The van der Waals surface area contributed by atoms with Crippen LogP contribution in [0, 0.1) is 13.8 Å². The number of benzene rings is 4. The van der Waals surface area contributed by atoms with Crippen molar-refractivity contribution in [2.75, 3.05) is 37.1 Å². The van der Waals surface area contributed by atoms with Crippen molar-refractivity contribution in [3.8, 4) is 34.3 Å². The number of aromatic nitrogens is 8. The molecule has 0 saturated carbocycles. The van der Waals surface area contributed by atoms with Gasteiger partial charge in [0.1, 0.15) is 37.8 Å². The van der Waals surface area contributed by atoms with Crippen LogP contribution in [0.5, 0.6) is 11.5 Å². The van der Waals surface area contributed by atoms with E-state index in [1.165, 1.54) is 9.48 Å². The highest BCUT2D eigenvalue weighted by Gasteiger charge is 2.14. The number of rotatable bonds is 16. The molecule has 0 aliphatic rings. The fraction of sp³-hybridized carbons (Fsp3) is 0.222. The molecule has 0 fully saturated rings. The van der Waals surface area contributed by atoms with Crippen molar-refractivity contribution in [3.63, 3.8) is 0 Å². The molecule has 6 aromatic rings. The Morgan fingerprint density at radius 2 is 1.18 bits per heavy atom. The summed E-state index contributed by atoms with van der Waals surface area (Å²) in [6.07, 6.45) is 0. The molecule has 0 atom stereocenters. The number of carbonyl (C=O) groups excluding carboxylic acids is 2. The summed E-state index contributed by atoms with van der Waals surface area (Å²) >= 11 is 0. The Labute approximate surface area is 293 Å². The highest BCUT2D eigenvalue weighted by Crippen LogP contribution is 2.21. The van der Waals surface area contributed by atoms with E-state index in [9.17, 15) is 9.59 Å². The van der Waals surface area contributed by atoms with Gasteiger partial charge in [-0.1, -0.05) is 36.4 Å². The van der Waals surface area contributed by atoms with E-state index in [-0.39, 0.29) is 24.9 Å². The number of ether oxygens (including phenoxy) is 3. The topological polar surface area (TPSA) is 173 Å². The largest absolute Gasteiger partial charge is 0.491 e. The van der Waals surface area contributed by atoms with Crippen molar-refractivity contribution in [1.29, 1.82) is 0 Å². The van der Waals surface area contributed by atoms with Crippen LogP contribution in [-0.2, 0) is 27.4 Å². The van der Waals surface area contributed by atoms with E-state index in [1.807, 2.05) is 111 Å². The lowest BCUT2D eigenvalue weighted by molar-refractivity contribution is -0.117. The van der Waals surface area contributed by atoms with E-state index in [0.29, 0.717) is 49.6 Å². The number of para-hydroxylation sites is 2. The SMILES string of the molecule is Cc1ccccc1NC(=O)Cn1nnc(-c2ccc(OCCOCCOc3ccc(-c4nnnn4CC(=O)Nc4ccccc4C)cc3)cc2)n1. The number of tetrazole rings is 2. The standard InChI is InChI=1S/C36H36N10O5/c1-25-7-3-5-9-31(25)37-33(47)23-45-36(40-42-44-45)28-13-17-30(18-14-28)51-22-20-49-19-21-50-29-15-11-27(12-16-29)35-39-43-46(41-35)24-34(48)38-32-10-6-4-8-26(32)2/h3-18H,19-24H2,1-2H3,(H,37,47)(H,38,48). The summed E-state index contributed by atoms with van der Waals surface area (Å²) < 4.78 is 18.7. The molecule has 0 aliphatic heterocycles. The van der Waals surface area contributed by atoms with Crippen LogP contribution in [0.3, 0.4) is 0 Å². The predicted molar refractivity (Wildman–Crippen MR) is 188 cm³/mol. The van der Waals surface area contributed by atoms with Gasteiger partial charge in [-0.3, -0.25) is 9.59 Å². The first kappa shape index (κ1) is 34.4. The highest BCUT2D eigenvalue weighted by atomic mass is 16.5. The minimum Gasteiger partial charge on any atom is -0.491 e. The zero-order chi connectivity index (χ0) is 35.4. The van der Waals surface area contributed by atoms with Gasteiger partial charge in [-0.05, 0) is 101 Å². The van der Waals surface area contributed by atoms with E-state index in [4.69, 9.17) is 14.2 Å². The van der Waals surface area contributed by atoms with E-state index >= 15 is 0 Å². The molecule has 2 amide bonds. The van der Waals surface area contributed by atoms with E-state index in [2.05, 4.69) is 41.6 Å². The molecule has 6 rings (SSSR count). The van der Waals surface area contributed by atoms with Crippen molar-refractivity contribution < 1.29 is 23.8 Å². The maximum atomic E-state index is 12.6. The summed E-state index contributed by atoms with van der Waals surface area (Å²) in [5.41, 5.74) is 4.93. The number of carbonyl (C=O) groups is 2. The molecule has 51 heavy (non-hydrogen) atoms. The molecule has 0 radical (unpaired) electrons. The van der Waals surface area contributed by atoms with Gasteiger partial charge in [-0.25, -0.2) is 4.68 Å². The van der Waals surface area contributed by atoms with Gasteiger partial charge in [0.05, 0.1) is 13.2 Å². The fourth-order valence-electron chi connectivity index (χ4n) is 4.95. The maximum absolute atomic E-state index is 12.6. The van der Waals surface area contributed by atoms with Gasteiger partial charge in [-0.15, -0.1) is 15.3 Å². The molecule has 2 heterocycles. The van der Waals surface area contributed by atoms with Gasteiger partial charge < -0.3 is 24.8 Å². The summed E-state index contributed by atoms with van der Waals surface area (Å²) in [4.78, 5) is 26.3. The Balaban J connectivity index is 0.871. The molecule has 4 aromatic carbocycles. The summed E-state index contributed by atoms with van der Waals surface area (Å²) in [5.74, 6) is 1.74. The van der Waals surface area contributed by atoms with Crippen LogP contribution >= 0.6 is 0 Å². The zero-order valence-electron chi connectivity index (χ0n) is 28.1. The minimum absolute atomic E-state index is 0.0268. The normalized spacial score (nSPS) is 10.9. The van der Waals surface area contributed by atoms with Crippen molar-refractivity contribution >= 4 is 23.2 Å². The fourth-order valence-corrected chi connectivity index (χ4v) is 4.95. The van der Waals surface area contributed by atoms with Crippen LogP contribution in [0.4, 0.5) is 11.4 Å². The summed E-state index contributed by atoms with van der Waals surface area (Å²) in [7, 11) is 0. The van der Waals surface area contributed by atoms with Crippen LogP contribution in [0.25, 0.3) is 22.8 Å². The third kappa shape index (κ3) is 9.57. The molecule has 15 heteroatoms. The van der Waals surface area contributed by atoms with Gasteiger partial charge in [0.25, 0.3) is 0 Å². The van der Waals surface area contributed by atoms with Crippen LogP contribution in [0.1, 0.15) is 11.1 Å². The van der Waals surface area contributed by atoms with Crippen LogP contribution in [-0.4, -0.2) is 78.7 Å². The lowest BCUT2D eigenvalue weighted by Crippen LogP contribution is -2.20. The number of amides is 2. The minimum atomic E-state index is -0.241. The first-order valence-electron chi connectivity index (χ1n) is 16.2. The smallest absolute Gasteiger partial charge is 0.248 e. The van der Waals surface area contributed by atoms with Gasteiger partial charge in [-0.2, -0.15) is 4.80 Å². The molecular formula is C36H36N10O5. The van der Waals surface area contributed by atoms with E-state index in [1.54, 1.807) is 0 Å². The Bertz CT molecular complexity index is 2060. The Hall–Kier alpha value is -6.48. The molecule has 0 saturated heterocycles. The lowest BCUT2D eigenvalue weighted by Gasteiger charge is -2.10. The highest BCUT2D eigenvalue weighted by molar-refractivity contribution is 5.92. The van der Waals surface area contributed by atoms with E-state index < -0.39 is 0 Å². The maximum Gasteiger partial charge on any atom is 0.248 e. The molecular weight excluding hydrogens is 652 g/mol. The second-order valence-electron chi connectivity index (χ2n) is 11.4. The number of hydrogen-bond acceptors (Lipinski definition) is 11. The predicted octanol–water partition coefficient (Wildman–Crippen LogP) is 4.36. The summed E-state index contributed by atoms with van der Waals surface area (Å²) in [6, 6.07) is 29.7. The average molecular weight is 689 g/mol. The summed E-state index contributed by atoms with van der Waals surface area (Å²) in [6.45, 7) is 5.24. The number of hydrogen-bond donors (Lipinski definition) is 2. The molecule has 0 unspecified atom stereocenters. The average Bonchev–Trinajstić information content (AvgIpc) is 3.80. The number of nitrogens with one attached hydrogen (secondary N) is 2. The van der Waals surface area contributed by atoms with Crippen molar-refractivity contribution in [2.45, 2.75) is 26.9 Å².